The molecule has 0 aromatic carbocycles. The van der Waals surface area contributed by atoms with E-state index < -0.39 is 110 Å². The largest absolute Gasteiger partial charge is 0.463 e. The Hall–Kier alpha value is -3.87. The zero-order valence-corrected chi connectivity index (χ0v) is 31.0. The first-order chi connectivity index (χ1) is 24.8. The molecule has 10 atom stereocenters. The van der Waals surface area contributed by atoms with Crippen molar-refractivity contribution in [2.45, 2.75) is 155 Å². The van der Waals surface area contributed by atoms with Gasteiger partial charge >= 0.3 is 41.8 Å². The van der Waals surface area contributed by atoms with Crippen molar-refractivity contribution in [3.05, 3.63) is 0 Å². The van der Waals surface area contributed by atoms with Crippen molar-refractivity contribution in [2.24, 2.45) is 0 Å². The molecule has 0 aliphatic carbocycles. The van der Waals surface area contributed by atoms with Crippen LogP contribution in [0.25, 0.3) is 0 Å². The normalized spacial score (nSPS) is 28.5. The fourth-order valence-corrected chi connectivity index (χ4v) is 5.03. The van der Waals surface area contributed by atoms with Gasteiger partial charge in [-0.25, -0.2) is 0 Å². The van der Waals surface area contributed by atoms with Gasteiger partial charge in [0.25, 0.3) is 0 Å². The second-order valence-electron chi connectivity index (χ2n) is 11.6. The first-order valence-corrected chi connectivity index (χ1v) is 17.6. The fourth-order valence-electron chi connectivity index (χ4n) is 5.03. The molecule has 52 heavy (non-hydrogen) atoms. The quantitative estimate of drug-likeness (QED) is 0.136. The lowest BCUT2D eigenvalue weighted by molar-refractivity contribution is -0.378. The Morgan fingerprint density at radius 2 is 0.692 bits per heavy atom. The lowest BCUT2D eigenvalue weighted by atomic mass is 9.96. The number of esters is 7. The van der Waals surface area contributed by atoms with Crippen LogP contribution >= 0.6 is 0 Å². The number of hydrogen-bond acceptors (Lipinski definition) is 18. The van der Waals surface area contributed by atoms with E-state index in [0.717, 1.165) is 0 Å². The summed E-state index contributed by atoms with van der Waals surface area (Å²) in [5.74, 6) is -5.17. The van der Waals surface area contributed by atoms with Gasteiger partial charge in [-0.2, -0.15) is 0 Å². The number of ether oxygens (including phenoxy) is 11. The highest BCUT2D eigenvalue weighted by Crippen LogP contribution is 2.35. The zero-order chi connectivity index (χ0) is 39.0. The lowest BCUT2D eigenvalue weighted by Gasteiger charge is -2.48. The van der Waals surface area contributed by atoms with E-state index in [-0.39, 0.29) is 51.6 Å². The number of carbonyl (C=O) groups is 7. The molecule has 0 spiro atoms. The smallest absolute Gasteiger partial charge is 0.306 e. The summed E-state index contributed by atoms with van der Waals surface area (Å²) in [6.07, 6.45) is -15.9. The molecule has 2 rings (SSSR count). The average molecular weight is 749 g/mol. The Kier molecular flexibility index (Phi) is 19.0. The van der Waals surface area contributed by atoms with Gasteiger partial charge in [0.1, 0.15) is 18.8 Å². The van der Waals surface area contributed by atoms with Crippen molar-refractivity contribution in [3.8, 4) is 0 Å². The Labute approximate surface area is 302 Å². The van der Waals surface area contributed by atoms with Gasteiger partial charge < -0.3 is 52.1 Å². The van der Waals surface area contributed by atoms with Crippen LogP contribution in [0.5, 0.6) is 0 Å². The predicted octanol–water partition coefficient (Wildman–Crippen LogP) is 1.98. The topological polar surface area (TPSA) is 221 Å². The third kappa shape index (κ3) is 12.7. The van der Waals surface area contributed by atoms with E-state index in [4.69, 9.17) is 52.1 Å². The molecule has 0 aromatic rings. The van der Waals surface area contributed by atoms with Crippen molar-refractivity contribution in [3.63, 3.8) is 0 Å². The predicted molar refractivity (Wildman–Crippen MR) is 173 cm³/mol. The van der Waals surface area contributed by atoms with Crippen molar-refractivity contribution in [1.82, 2.24) is 0 Å². The number of rotatable bonds is 19. The molecule has 0 radical (unpaired) electrons. The molecule has 0 N–H and O–H groups in total. The molecule has 18 heteroatoms. The van der Waals surface area contributed by atoms with E-state index >= 15 is 0 Å². The third-order valence-electron chi connectivity index (χ3n) is 7.82. The van der Waals surface area contributed by atoms with Crippen molar-refractivity contribution >= 4 is 41.8 Å². The zero-order valence-electron chi connectivity index (χ0n) is 31.0. The summed E-state index contributed by atoms with van der Waals surface area (Å²) in [6, 6.07) is 0. The van der Waals surface area contributed by atoms with E-state index in [1.165, 1.54) is 41.7 Å². The maximum absolute atomic E-state index is 12.8. The maximum Gasteiger partial charge on any atom is 0.306 e. The standard InChI is InChI=1S/C34H52O18/c1-9-20(35)43-17-19-28(47-22(37)11-3)30(49-24(39)13-5)32(51-26(41)15-7)34(45-19)52-33-31(50-25(40)14-6)29(48-23(38)12-4)27(46-21(36)10-2)18(44-33)16-42-8/h18-19,27-34H,9-17H2,1-8H3/t18-,19?,27+,28-,29?,30+,31?,32?,33+,34-/m1/s1. The van der Waals surface area contributed by atoms with Crippen LogP contribution in [0.3, 0.4) is 0 Å². The highest BCUT2D eigenvalue weighted by atomic mass is 16.8. The lowest BCUT2D eigenvalue weighted by Crippen LogP contribution is -2.67. The fraction of sp³-hybridized carbons (Fsp3) is 0.794. The van der Waals surface area contributed by atoms with Crippen LogP contribution in [0.4, 0.5) is 0 Å². The van der Waals surface area contributed by atoms with Gasteiger partial charge in [-0.3, -0.25) is 33.6 Å². The minimum Gasteiger partial charge on any atom is -0.463 e. The van der Waals surface area contributed by atoms with Crippen LogP contribution in [-0.4, -0.2) is 124 Å². The van der Waals surface area contributed by atoms with Gasteiger partial charge in [0.2, 0.25) is 12.6 Å². The molecule has 2 fully saturated rings. The molecule has 2 heterocycles. The van der Waals surface area contributed by atoms with Gasteiger partial charge in [0, 0.05) is 52.1 Å². The molecule has 2 saturated heterocycles. The molecule has 0 aromatic heterocycles. The summed E-state index contributed by atoms with van der Waals surface area (Å²) in [5, 5.41) is 0. The van der Waals surface area contributed by atoms with Crippen molar-refractivity contribution in [2.75, 3.05) is 20.3 Å². The SMILES string of the molecule is CCC(=O)OCC1O[C@H](O[C@@H]2O[C@H](COC)[C@H](OC(=O)CC)C(OC(=O)CC)C2OC(=O)CC)C(OC(=O)CC)[C@@H](OC(=O)CC)[C@@H]1OC(=O)CC. The van der Waals surface area contributed by atoms with E-state index in [1.807, 2.05) is 0 Å². The summed E-state index contributed by atoms with van der Waals surface area (Å²) in [5.41, 5.74) is 0. The minimum atomic E-state index is -1.76. The van der Waals surface area contributed by atoms with Gasteiger partial charge in [0.05, 0.1) is 6.61 Å². The molecule has 296 valence electrons. The summed E-state index contributed by atoms with van der Waals surface area (Å²) in [6.45, 7) is 9.90. The number of methoxy groups -OCH3 is 1. The maximum atomic E-state index is 12.8. The van der Waals surface area contributed by atoms with Gasteiger partial charge in [-0.15, -0.1) is 0 Å². The molecule has 0 saturated carbocycles. The highest BCUT2D eigenvalue weighted by Gasteiger charge is 2.58. The monoisotopic (exact) mass is 748 g/mol. The molecular weight excluding hydrogens is 696 g/mol. The Bertz CT molecular complexity index is 1220. The minimum absolute atomic E-state index is 0.0139. The summed E-state index contributed by atoms with van der Waals surface area (Å²) in [4.78, 5) is 88.6. The van der Waals surface area contributed by atoms with Gasteiger partial charge in [-0.1, -0.05) is 48.5 Å². The number of hydrogen-bond donors (Lipinski definition) is 0. The molecule has 2 aliphatic rings. The van der Waals surface area contributed by atoms with E-state index in [0.29, 0.717) is 0 Å². The van der Waals surface area contributed by atoms with Crippen LogP contribution in [0.15, 0.2) is 0 Å². The van der Waals surface area contributed by atoms with Gasteiger partial charge in [0.15, 0.2) is 36.6 Å². The Morgan fingerprint density at radius 1 is 0.404 bits per heavy atom. The van der Waals surface area contributed by atoms with E-state index in [1.54, 1.807) is 13.8 Å². The first-order valence-electron chi connectivity index (χ1n) is 17.6. The Morgan fingerprint density at radius 3 is 1.00 bits per heavy atom. The molecule has 0 amide bonds. The third-order valence-corrected chi connectivity index (χ3v) is 7.82. The summed E-state index contributed by atoms with van der Waals surface area (Å²) in [7, 11) is 1.34. The Balaban J connectivity index is 2.78. The van der Waals surface area contributed by atoms with Crippen LogP contribution in [0, 0.1) is 0 Å². The highest BCUT2D eigenvalue weighted by molar-refractivity contribution is 5.72. The molecule has 18 nitrogen and oxygen atoms in total. The van der Waals surface area contributed by atoms with Crippen LogP contribution in [0.1, 0.15) is 93.4 Å². The van der Waals surface area contributed by atoms with Crippen LogP contribution < -0.4 is 0 Å². The molecular formula is C34H52O18. The summed E-state index contributed by atoms with van der Waals surface area (Å²) >= 11 is 0. The molecule has 0 bridgehead atoms. The van der Waals surface area contributed by atoms with Crippen molar-refractivity contribution in [1.29, 1.82) is 0 Å². The average Bonchev–Trinajstić information content (AvgIpc) is 3.14. The second-order valence-corrected chi connectivity index (χ2v) is 11.6. The van der Waals surface area contributed by atoms with Crippen molar-refractivity contribution < 1.29 is 85.7 Å². The summed E-state index contributed by atoms with van der Waals surface area (Å²) < 4.78 is 63.3. The van der Waals surface area contributed by atoms with E-state index in [2.05, 4.69) is 0 Å². The molecule has 4 unspecified atom stereocenters. The first kappa shape index (κ1) is 44.3. The van der Waals surface area contributed by atoms with Crippen LogP contribution in [-0.2, 0) is 85.7 Å². The number of carbonyl (C=O) groups excluding carboxylic acids is 7. The van der Waals surface area contributed by atoms with Crippen LogP contribution in [0.2, 0.25) is 0 Å². The molecule has 2 aliphatic heterocycles. The van der Waals surface area contributed by atoms with E-state index in [9.17, 15) is 33.6 Å². The van der Waals surface area contributed by atoms with Gasteiger partial charge in [-0.05, 0) is 0 Å². The second kappa shape index (κ2) is 22.3.